The Balaban J connectivity index is 1.67. The monoisotopic (exact) mass is 494 g/mol. The number of furan rings is 1. The second kappa shape index (κ2) is 11.1. The van der Waals surface area contributed by atoms with Crippen molar-refractivity contribution in [1.29, 1.82) is 0 Å². The maximum absolute atomic E-state index is 12.7. The predicted molar refractivity (Wildman–Crippen MR) is 130 cm³/mol. The molecule has 9 nitrogen and oxygen atoms in total. The summed E-state index contributed by atoms with van der Waals surface area (Å²) in [7, 11) is 0. The number of aromatic nitrogens is 4. The van der Waals surface area contributed by atoms with E-state index in [2.05, 4.69) is 15.2 Å². The van der Waals surface area contributed by atoms with Crippen LogP contribution in [0.3, 0.4) is 0 Å². The Morgan fingerprint density at radius 1 is 1.03 bits per heavy atom. The normalized spacial score (nSPS) is 10.9. The minimum atomic E-state index is -0.515. The summed E-state index contributed by atoms with van der Waals surface area (Å²) >= 11 is 1.39. The summed E-state index contributed by atoms with van der Waals surface area (Å²) in [6.45, 7) is 6.17. The van der Waals surface area contributed by atoms with Gasteiger partial charge in [-0.25, -0.2) is 9.59 Å². The highest BCUT2D eigenvalue weighted by Crippen LogP contribution is 2.30. The third kappa shape index (κ3) is 5.32. The van der Waals surface area contributed by atoms with Crippen molar-refractivity contribution >= 4 is 23.7 Å². The average molecular weight is 495 g/mol. The van der Waals surface area contributed by atoms with Crippen molar-refractivity contribution in [2.45, 2.75) is 38.2 Å². The van der Waals surface area contributed by atoms with Gasteiger partial charge in [0.2, 0.25) is 5.82 Å². The summed E-state index contributed by atoms with van der Waals surface area (Å²) in [5, 5.41) is 9.37. The average Bonchev–Trinajstić information content (AvgIpc) is 3.58. The topological polar surface area (TPSA) is 112 Å². The van der Waals surface area contributed by atoms with Crippen molar-refractivity contribution in [2.24, 2.45) is 0 Å². The number of hydrogen-bond donors (Lipinski definition) is 1. The SMILES string of the molecule is CCOC(=O)c1[nH]c(CSc2nnc(-c3ccco3)n2Cc2ccccc2)c(C(=O)OCC)c1C. The van der Waals surface area contributed by atoms with Gasteiger partial charge in [0.15, 0.2) is 10.9 Å². The fraction of sp³-hybridized carbons (Fsp3) is 0.280. The lowest BCUT2D eigenvalue weighted by Gasteiger charge is -2.10. The van der Waals surface area contributed by atoms with Crippen molar-refractivity contribution < 1.29 is 23.5 Å². The van der Waals surface area contributed by atoms with Gasteiger partial charge in [-0.15, -0.1) is 10.2 Å². The molecule has 0 spiro atoms. The first-order valence-corrected chi connectivity index (χ1v) is 12.2. The van der Waals surface area contributed by atoms with Crippen molar-refractivity contribution in [3.63, 3.8) is 0 Å². The smallest absolute Gasteiger partial charge is 0.355 e. The molecule has 0 fully saturated rings. The van der Waals surface area contributed by atoms with E-state index >= 15 is 0 Å². The number of esters is 2. The fourth-order valence-corrected chi connectivity index (χ4v) is 4.58. The van der Waals surface area contributed by atoms with Crippen LogP contribution in [-0.2, 0) is 21.8 Å². The molecule has 3 heterocycles. The van der Waals surface area contributed by atoms with E-state index < -0.39 is 11.9 Å². The van der Waals surface area contributed by atoms with Crippen LogP contribution < -0.4 is 0 Å². The molecule has 3 aromatic heterocycles. The van der Waals surface area contributed by atoms with Gasteiger partial charge >= 0.3 is 11.9 Å². The largest absolute Gasteiger partial charge is 0.462 e. The molecule has 0 atom stereocenters. The molecule has 4 aromatic rings. The molecule has 182 valence electrons. The van der Waals surface area contributed by atoms with Crippen molar-refractivity contribution in [3.05, 3.63) is 76.8 Å². The maximum atomic E-state index is 12.7. The van der Waals surface area contributed by atoms with Crippen LogP contribution in [0.2, 0.25) is 0 Å². The molecule has 0 aliphatic carbocycles. The van der Waals surface area contributed by atoms with Crippen molar-refractivity contribution in [3.8, 4) is 11.6 Å². The molecule has 0 bridgehead atoms. The zero-order chi connectivity index (χ0) is 24.8. The Morgan fingerprint density at radius 3 is 2.46 bits per heavy atom. The summed E-state index contributed by atoms with van der Waals surface area (Å²) in [5.41, 5.74) is 2.71. The van der Waals surface area contributed by atoms with E-state index in [1.54, 1.807) is 33.1 Å². The molecule has 0 amide bonds. The molecule has 0 aliphatic rings. The van der Waals surface area contributed by atoms with Crippen molar-refractivity contribution in [1.82, 2.24) is 19.7 Å². The molecular formula is C25H26N4O5S. The van der Waals surface area contributed by atoms with Gasteiger partial charge in [0, 0.05) is 11.4 Å². The zero-order valence-corrected chi connectivity index (χ0v) is 20.6. The second-order valence-electron chi connectivity index (χ2n) is 7.56. The van der Waals surface area contributed by atoms with Crippen molar-refractivity contribution in [2.75, 3.05) is 13.2 Å². The zero-order valence-electron chi connectivity index (χ0n) is 19.7. The number of hydrogen-bond acceptors (Lipinski definition) is 8. The number of benzene rings is 1. The quantitative estimate of drug-likeness (QED) is 0.245. The molecule has 1 aromatic carbocycles. The number of rotatable bonds is 10. The lowest BCUT2D eigenvalue weighted by molar-refractivity contribution is 0.0518. The van der Waals surface area contributed by atoms with Crippen LogP contribution in [0.1, 0.15) is 51.5 Å². The summed E-state index contributed by atoms with van der Waals surface area (Å²) < 4.78 is 17.9. The van der Waals surface area contributed by atoms with Crippen LogP contribution in [-0.4, -0.2) is 44.9 Å². The van der Waals surface area contributed by atoms with Gasteiger partial charge in [0.05, 0.1) is 31.6 Å². The highest BCUT2D eigenvalue weighted by atomic mass is 32.2. The summed E-state index contributed by atoms with van der Waals surface area (Å²) in [5.74, 6) is 0.530. The standard InChI is InChI=1S/C25H26N4O5S/c1-4-32-23(30)20-16(3)21(24(31)33-5-2)26-18(20)15-35-25-28-27-22(19-12-9-13-34-19)29(25)14-17-10-7-6-8-11-17/h6-13,26H,4-5,14-15H2,1-3H3. The summed E-state index contributed by atoms with van der Waals surface area (Å²) in [4.78, 5) is 28.2. The lowest BCUT2D eigenvalue weighted by Crippen LogP contribution is -2.09. The third-order valence-electron chi connectivity index (χ3n) is 5.27. The molecular weight excluding hydrogens is 468 g/mol. The van der Waals surface area contributed by atoms with Crippen LogP contribution in [0.5, 0.6) is 0 Å². The van der Waals surface area contributed by atoms with Gasteiger partial charge in [-0.05, 0) is 44.0 Å². The van der Waals surface area contributed by atoms with E-state index in [0.29, 0.717) is 45.9 Å². The van der Waals surface area contributed by atoms with E-state index in [-0.39, 0.29) is 18.9 Å². The predicted octanol–water partition coefficient (Wildman–Crippen LogP) is 4.87. The lowest BCUT2D eigenvalue weighted by atomic mass is 10.1. The van der Waals surface area contributed by atoms with Crippen LogP contribution in [0.4, 0.5) is 0 Å². The number of carbonyl (C=O) groups is 2. The molecule has 35 heavy (non-hydrogen) atoms. The Labute approximate surface area is 206 Å². The Hall–Kier alpha value is -3.79. The Kier molecular flexibility index (Phi) is 7.71. The number of H-pyrrole nitrogens is 1. The molecule has 1 N–H and O–H groups in total. The number of aromatic amines is 1. The molecule has 4 rings (SSSR count). The van der Waals surface area contributed by atoms with Gasteiger partial charge in [-0.1, -0.05) is 42.1 Å². The van der Waals surface area contributed by atoms with E-state index in [9.17, 15) is 9.59 Å². The molecule has 0 aliphatic heterocycles. The van der Waals surface area contributed by atoms with E-state index in [1.807, 2.05) is 41.0 Å². The van der Waals surface area contributed by atoms with Gasteiger partial charge in [-0.3, -0.25) is 4.57 Å². The van der Waals surface area contributed by atoms with E-state index in [4.69, 9.17) is 13.9 Å². The van der Waals surface area contributed by atoms with Gasteiger partial charge in [-0.2, -0.15) is 0 Å². The van der Waals surface area contributed by atoms with Crippen LogP contribution in [0.25, 0.3) is 11.6 Å². The third-order valence-corrected chi connectivity index (χ3v) is 6.27. The summed E-state index contributed by atoms with van der Waals surface area (Å²) in [6.07, 6.45) is 1.59. The van der Waals surface area contributed by atoms with E-state index in [0.717, 1.165) is 5.56 Å². The first-order chi connectivity index (χ1) is 17.0. The molecule has 0 saturated heterocycles. The Bertz CT molecular complexity index is 1300. The number of thioether (sulfide) groups is 1. The Morgan fingerprint density at radius 2 is 1.77 bits per heavy atom. The minimum Gasteiger partial charge on any atom is -0.462 e. The van der Waals surface area contributed by atoms with Crippen LogP contribution >= 0.6 is 11.8 Å². The summed E-state index contributed by atoms with van der Waals surface area (Å²) in [6, 6.07) is 13.6. The molecule has 10 heteroatoms. The second-order valence-corrected chi connectivity index (χ2v) is 8.51. The first kappa shape index (κ1) is 24.3. The highest BCUT2D eigenvalue weighted by molar-refractivity contribution is 7.98. The number of nitrogens with zero attached hydrogens (tertiary/aromatic N) is 3. The molecule has 0 saturated carbocycles. The molecule has 0 radical (unpaired) electrons. The number of ether oxygens (including phenoxy) is 2. The van der Waals surface area contributed by atoms with Crippen LogP contribution in [0, 0.1) is 6.92 Å². The van der Waals surface area contributed by atoms with Crippen LogP contribution in [0.15, 0.2) is 58.3 Å². The molecule has 0 unspecified atom stereocenters. The maximum Gasteiger partial charge on any atom is 0.355 e. The fourth-order valence-electron chi connectivity index (χ4n) is 3.68. The van der Waals surface area contributed by atoms with Gasteiger partial charge in [0.1, 0.15) is 5.69 Å². The van der Waals surface area contributed by atoms with Gasteiger partial charge in [0.25, 0.3) is 0 Å². The highest BCUT2D eigenvalue weighted by Gasteiger charge is 2.26. The van der Waals surface area contributed by atoms with Gasteiger partial charge < -0.3 is 18.9 Å². The number of carbonyl (C=O) groups excluding carboxylic acids is 2. The van der Waals surface area contributed by atoms with E-state index in [1.165, 1.54) is 11.8 Å². The first-order valence-electron chi connectivity index (χ1n) is 11.2. The number of nitrogens with one attached hydrogen (secondary N) is 1. The minimum absolute atomic E-state index is 0.225.